The van der Waals surface area contributed by atoms with Crippen LogP contribution in [0.1, 0.15) is 51.1 Å². The second-order valence-electron chi connectivity index (χ2n) is 5.43. The van der Waals surface area contributed by atoms with E-state index in [0.29, 0.717) is 6.04 Å². The topological polar surface area (TPSA) is 21.3 Å². The van der Waals surface area contributed by atoms with Crippen LogP contribution in [0.3, 0.4) is 0 Å². The summed E-state index contributed by atoms with van der Waals surface area (Å²) in [6, 6.07) is 9.14. The molecule has 1 aromatic carbocycles. The Hall–Kier alpha value is -1.02. The van der Waals surface area contributed by atoms with Crippen LogP contribution in [0.5, 0.6) is 5.75 Å². The summed E-state index contributed by atoms with van der Waals surface area (Å²) >= 11 is 0. The first-order chi connectivity index (χ1) is 8.79. The molecule has 1 fully saturated rings. The Labute approximate surface area is 111 Å². The molecule has 0 aliphatic carbocycles. The Bertz CT molecular complexity index is 347. The van der Waals surface area contributed by atoms with Crippen molar-refractivity contribution in [3.05, 3.63) is 29.8 Å². The minimum absolute atomic E-state index is 0.536. The fraction of sp³-hybridized carbons (Fsp3) is 0.625. The molecule has 2 rings (SSSR count). The Morgan fingerprint density at radius 1 is 1.22 bits per heavy atom. The lowest BCUT2D eigenvalue weighted by Crippen LogP contribution is -2.13. The quantitative estimate of drug-likeness (QED) is 0.769. The van der Waals surface area contributed by atoms with Crippen LogP contribution < -0.4 is 10.1 Å². The van der Waals surface area contributed by atoms with E-state index in [4.69, 9.17) is 4.74 Å². The van der Waals surface area contributed by atoms with Crippen molar-refractivity contribution in [3.8, 4) is 5.75 Å². The van der Waals surface area contributed by atoms with Gasteiger partial charge in [0.25, 0.3) is 0 Å². The Morgan fingerprint density at radius 2 is 2.00 bits per heavy atom. The molecule has 0 radical (unpaired) electrons. The third-order valence-electron chi connectivity index (χ3n) is 3.65. The lowest BCUT2D eigenvalue weighted by Gasteiger charge is -2.12. The molecule has 100 valence electrons. The lowest BCUT2D eigenvalue weighted by molar-refractivity contribution is 0.306. The SMILES string of the molecule is CCCCCOc1ccc([C@@H]2C[C@@H](C)CN2)cc1. The Kier molecular flexibility index (Phi) is 5.06. The van der Waals surface area contributed by atoms with E-state index in [0.717, 1.165) is 31.2 Å². The molecule has 1 aliphatic heterocycles. The van der Waals surface area contributed by atoms with Crippen molar-refractivity contribution < 1.29 is 4.74 Å². The average molecular weight is 247 g/mol. The van der Waals surface area contributed by atoms with E-state index in [1.54, 1.807) is 0 Å². The molecule has 1 saturated heterocycles. The van der Waals surface area contributed by atoms with Gasteiger partial charge in [0.2, 0.25) is 0 Å². The maximum atomic E-state index is 5.73. The molecule has 18 heavy (non-hydrogen) atoms. The van der Waals surface area contributed by atoms with Gasteiger partial charge in [-0.15, -0.1) is 0 Å². The van der Waals surface area contributed by atoms with Crippen molar-refractivity contribution in [3.63, 3.8) is 0 Å². The van der Waals surface area contributed by atoms with Crippen molar-refractivity contribution in [1.82, 2.24) is 5.32 Å². The highest BCUT2D eigenvalue weighted by molar-refractivity contribution is 5.29. The summed E-state index contributed by atoms with van der Waals surface area (Å²) in [5.74, 6) is 1.79. The molecule has 1 heterocycles. The van der Waals surface area contributed by atoms with E-state index in [-0.39, 0.29) is 0 Å². The molecule has 0 saturated carbocycles. The van der Waals surface area contributed by atoms with Crippen molar-refractivity contribution in [2.75, 3.05) is 13.2 Å². The van der Waals surface area contributed by atoms with Gasteiger partial charge in [0, 0.05) is 6.04 Å². The van der Waals surface area contributed by atoms with Gasteiger partial charge in [-0.1, -0.05) is 38.8 Å². The average Bonchev–Trinajstić information content (AvgIpc) is 2.82. The third-order valence-corrected chi connectivity index (χ3v) is 3.65. The molecule has 2 heteroatoms. The molecule has 0 unspecified atom stereocenters. The molecule has 0 bridgehead atoms. The van der Waals surface area contributed by atoms with Gasteiger partial charge in [-0.05, 0) is 43.0 Å². The molecule has 0 amide bonds. The fourth-order valence-corrected chi connectivity index (χ4v) is 2.50. The zero-order valence-electron chi connectivity index (χ0n) is 11.6. The Morgan fingerprint density at radius 3 is 2.61 bits per heavy atom. The molecule has 0 aromatic heterocycles. The van der Waals surface area contributed by atoms with Crippen molar-refractivity contribution in [2.45, 2.75) is 45.6 Å². The monoisotopic (exact) mass is 247 g/mol. The van der Waals surface area contributed by atoms with E-state index in [1.807, 2.05) is 0 Å². The minimum atomic E-state index is 0.536. The molecule has 2 nitrogen and oxygen atoms in total. The molecular weight excluding hydrogens is 222 g/mol. The lowest BCUT2D eigenvalue weighted by atomic mass is 10.0. The third kappa shape index (κ3) is 3.74. The zero-order chi connectivity index (χ0) is 12.8. The summed E-state index contributed by atoms with van der Waals surface area (Å²) in [7, 11) is 0. The van der Waals surface area contributed by atoms with Crippen molar-refractivity contribution in [2.24, 2.45) is 5.92 Å². The van der Waals surface area contributed by atoms with E-state index in [1.165, 1.54) is 24.8 Å². The molecule has 0 spiro atoms. The second kappa shape index (κ2) is 6.79. The van der Waals surface area contributed by atoms with Crippen LogP contribution in [-0.4, -0.2) is 13.2 Å². The second-order valence-corrected chi connectivity index (χ2v) is 5.43. The predicted molar refractivity (Wildman–Crippen MR) is 76.0 cm³/mol. The number of benzene rings is 1. The minimum Gasteiger partial charge on any atom is -0.494 e. The van der Waals surface area contributed by atoms with Crippen molar-refractivity contribution >= 4 is 0 Å². The van der Waals surface area contributed by atoms with Gasteiger partial charge < -0.3 is 10.1 Å². The van der Waals surface area contributed by atoms with Crippen LogP contribution in [0.4, 0.5) is 0 Å². The summed E-state index contributed by atoms with van der Waals surface area (Å²) in [6.45, 7) is 6.49. The number of nitrogens with one attached hydrogen (secondary N) is 1. The van der Waals surface area contributed by atoms with Crippen LogP contribution in [0, 0.1) is 5.92 Å². The van der Waals surface area contributed by atoms with E-state index < -0.39 is 0 Å². The van der Waals surface area contributed by atoms with Crippen LogP contribution in [0.25, 0.3) is 0 Å². The number of ether oxygens (including phenoxy) is 1. The smallest absolute Gasteiger partial charge is 0.119 e. The summed E-state index contributed by atoms with van der Waals surface area (Å²) in [6.07, 6.45) is 4.90. The fourth-order valence-electron chi connectivity index (χ4n) is 2.50. The Balaban J connectivity index is 1.82. The van der Waals surface area contributed by atoms with Crippen LogP contribution in [-0.2, 0) is 0 Å². The first kappa shape index (κ1) is 13.4. The van der Waals surface area contributed by atoms with Gasteiger partial charge in [0.1, 0.15) is 5.75 Å². The van der Waals surface area contributed by atoms with Gasteiger partial charge in [-0.3, -0.25) is 0 Å². The molecule has 1 aliphatic rings. The normalized spacial score (nSPS) is 23.2. The van der Waals surface area contributed by atoms with Gasteiger partial charge >= 0.3 is 0 Å². The van der Waals surface area contributed by atoms with Crippen LogP contribution >= 0.6 is 0 Å². The highest BCUT2D eigenvalue weighted by atomic mass is 16.5. The standard InChI is InChI=1S/C16H25NO/c1-3-4-5-10-18-15-8-6-14(7-9-15)16-11-13(2)12-17-16/h6-9,13,16-17H,3-5,10-12H2,1-2H3/t13-,16+/m1/s1. The first-order valence-corrected chi connectivity index (χ1v) is 7.25. The largest absolute Gasteiger partial charge is 0.494 e. The molecule has 2 atom stereocenters. The number of hydrogen-bond donors (Lipinski definition) is 1. The summed E-state index contributed by atoms with van der Waals surface area (Å²) in [5.41, 5.74) is 1.39. The molecule has 1 N–H and O–H groups in total. The van der Waals surface area contributed by atoms with Crippen molar-refractivity contribution in [1.29, 1.82) is 0 Å². The van der Waals surface area contributed by atoms with Gasteiger partial charge in [0.05, 0.1) is 6.61 Å². The summed E-state index contributed by atoms with van der Waals surface area (Å²) in [4.78, 5) is 0. The summed E-state index contributed by atoms with van der Waals surface area (Å²) in [5, 5.41) is 3.56. The molecule has 1 aromatic rings. The van der Waals surface area contributed by atoms with Crippen LogP contribution in [0.2, 0.25) is 0 Å². The zero-order valence-corrected chi connectivity index (χ0v) is 11.6. The highest BCUT2D eigenvalue weighted by Gasteiger charge is 2.21. The molecular formula is C16H25NO. The van der Waals surface area contributed by atoms with Crippen LogP contribution in [0.15, 0.2) is 24.3 Å². The first-order valence-electron chi connectivity index (χ1n) is 7.25. The predicted octanol–water partition coefficient (Wildman–Crippen LogP) is 3.93. The maximum Gasteiger partial charge on any atom is 0.119 e. The van der Waals surface area contributed by atoms with E-state index in [2.05, 4.69) is 43.4 Å². The highest BCUT2D eigenvalue weighted by Crippen LogP contribution is 2.27. The maximum absolute atomic E-state index is 5.73. The van der Waals surface area contributed by atoms with Gasteiger partial charge in [-0.2, -0.15) is 0 Å². The number of hydrogen-bond acceptors (Lipinski definition) is 2. The van der Waals surface area contributed by atoms with E-state index >= 15 is 0 Å². The number of rotatable bonds is 6. The van der Waals surface area contributed by atoms with Gasteiger partial charge in [-0.25, -0.2) is 0 Å². The van der Waals surface area contributed by atoms with E-state index in [9.17, 15) is 0 Å². The summed E-state index contributed by atoms with van der Waals surface area (Å²) < 4.78 is 5.73. The number of unbranched alkanes of at least 4 members (excludes halogenated alkanes) is 2. The van der Waals surface area contributed by atoms with Gasteiger partial charge in [0.15, 0.2) is 0 Å².